The fraction of sp³-hybridized carbons (Fsp3) is 0.214. The van der Waals surface area contributed by atoms with E-state index < -0.39 is 0 Å². The Labute approximate surface area is 111 Å². The monoisotopic (exact) mass is 254 g/mol. The SMILES string of the molecule is CCOCc1nc(N)cc(-c2cccc(C#N)c2)n1. The largest absolute Gasteiger partial charge is 0.384 e. The van der Waals surface area contributed by atoms with Gasteiger partial charge in [0.2, 0.25) is 0 Å². The summed E-state index contributed by atoms with van der Waals surface area (Å²) in [6, 6.07) is 11.0. The van der Waals surface area contributed by atoms with Crippen LogP contribution in [0.5, 0.6) is 0 Å². The molecule has 0 fully saturated rings. The van der Waals surface area contributed by atoms with Crippen LogP contribution in [0.2, 0.25) is 0 Å². The van der Waals surface area contributed by atoms with Gasteiger partial charge >= 0.3 is 0 Å². The second-order valence-electron chi connectivity index (χ2n) is 3.92. The molecule has 0 unspecified atom stereocenters. The number of hydrogen-bond acceptors (Lipinski definition) is 5. The highest BCUT2D eigenvalue weighted by atomic mass is 16.5. The van der Waals surface area contributed by atoms with Crippen LogP contribution in [0.4, 0.5) is 5.82 Å². The number of ether oxygens (including phenoxy) is 1. The van der Waals surface area contributed by atoms with Crippen LogP contribution in [0.25, 0.3) is 11.3 Å². The summed E-state index contributed by atoms with van der Waals surface area (Å²) in [5, 5.41) is 8.91. The minimum absolute atomic E-state index is 0.326. The molecule has 0 saturated carbocycles. The van der Waals surface area contributed by atoms with Crippen LogP contribution in [0, 0.1) is 11.3 Å². The Morgan fingerprint density at radius 1 is 1.32 bits per heavy atom. The lowest BCUT2D eigenvalue weighted by atomic mass is 10.1. The molecule has 0 atom stereocenters. The number of aromatic nitrogens is 2. The van der Waals surface area contributed by atoms with Gasteiger partial charge in [0.25, 0.3) is 0 Å². The second kappa shape index (κ2) is 5.94. The molecule has 0 radical (unpaired) electrons. The van der Waals surface area contributed by atoms with Gasteiger partial charge in [0.1, 0.15) is 12.4 Å². The maximum atomic E-state index is 8.91. The highest BCUT2D eigenvalue weighted by molar-refractivity contribution is 5.63. The summed E-state index contributed by atoms with van der Waals surface area (Å²) in [4.78, 5) is 8.51. The molecule has 96 valence electrons. The Kier molecular flexibility index (Phi) is 4.06. The van der Waals surface area contributed by atoms with E-state index in [0.29, 0.717) is 36.1 Å². The van der Waals surface area contributed by atoms with Crippen LogP contribution in [0.3, 0.4) is 0 Å². The molecule has 5 heteroatoms. The number of nitrogens with two attached hydrogens (primary N) is 1. The Bertz CT molecular complexity index is 619. The molecule has 19 heavy (non-hydrogen) atoms. The maximum Gasteiger partial charge on any atom is 0.157 e. The topological polar surface area (TPSA) is 84.8 Å². The third-order valence-corrected chi connectivity index (χ3v) is 2.51. The normalized spacial score (nSPS) is 10.1. The van der Waals surface area contributed by atoms with E-state index in [1.54, 1.807) is 18.2 Å². The van der Waals surface area contributed by atoms with Crippen molar-refractivity contribution in [3.8, 4) is 17.3 Å². The molecule has 1 heterocycles. The van der Waals surface area contributed by atoms with Gasteiger partial charge in [-0.3, -0.25) is 0 Å². The number of benzene rings is 1. The van der Waals surface area contributed by atoms with E-state index in [0.717, 1.165) is 5.56 Å². The molecule has 0 spiro atoms. The predicted octanol–water partition coefficient (Wildman–Crippen LogP) is 2.13. The first-order valence-electron chi connectivity index (χ1n) is 5.94. The van der Waals surface area contributed by atoms with Gasteiger partial charge in [0.05, 0.1) is 17.3 Å². The van der Waals surface area contributed by atoms with Gasteiger partial charge < -0.3 is 10.5 Å². The minimum atomic E-state index is 0.326. The van der Waals surface area contributed by atoms with Gasteiger partial charge in [0.15, 0.2) is 5.82 Å². The Morgan fingerprint density at radius 2 is 2.16 bits per heavy atom. The molecule has 0 amide bonds. The fourth-order valence-corrected chi connectivity index (χ4v) is 1.67. The first kappa shape index (κ1) is 13.0. The number of rotatable bonds is 4. The molecule has 2 aromatic rings. The number of hydrogen-bond donors (Lipinski definition) is 1. The molecular weight excluding hydrogens is 240 g/mol. The van der Waals surface area contributed by atoms with E-state index in [9.17, 15) is 0 Å². The molecule has 0 aliphatic rings. The van der Waals surface area contributed by atoms with Crippen molar-refractivity contribution >= 4 is 5.82 Å². The van der Waals surface area contributed by atoms with Crippen LogP contribution in [0.1, 0.15) is 18.3 Å². The van der Waals surface area contributed by atoms with Crippen molar-refractivity contribution in [3.63, 3.8) is 0 Å². The average molecular weight is 254 g/mol. The summed E-state index contributed by atoms with van der Waals surface area (Å²) in [7, 11) is 0. The third-order valence-electron chi connectivity index (χ3n) is 2.51. The molecule has 5 nitrogen and oxygen atoms in total. The lowest BCUT2D eigenvalue weighted by molar-refractivity contribution is 0.128. The summed E-state index contributed by atoms with van der Waals surface area (Å²) >= 11 is 0. The van der Waals surface area contributed by atoms with Gasteiger partial charge in [0, 0.05) is 18.2 Å². The van der Waals surface area contributed by atoms with Gasteiger partial charge in [-0.25, -0.2) is 9.97 Å². The molecule has 0 aliphatic heterocycles. The third kappa shape index (κ3) is 3.27. The zero-order valence-electron chi connectivity index (χ0n) is 10.6. The van der Waals surface area contributed by atoms with Crippen LogP contribution >= 0.6 is 0 Å². The van der Waals surface area contributed by atoms with E-state index in [4.69, 9.17) is 15.7 Å². The van der Waals surface area contributed by atoms with E-state index in [-0.39, 0.29) is 0 Å². The first-order valence-corrected chi connectivity index (χ1v) is 5.94. The first-order chi connectivity index (χ1) is 9.22. The smallest absolute Gasteiger partial charge is 0.157 e. The summed E-state index contributed by atoms with van der Waals surface area (Å²) in [6.45, 7) is 2.83. The number of anilines is 1. The van der Waals surface area contributed by atoms with Crippen molar-refractivity contribution in [1.82, 2.24) is 9.97 Å². The zero-order chi connectivity index (χ0) is 13.7. The molecule has 0 bridgehead atoms. The summed E-state index contributed by atoms with van der Waals surface area (Å²) < 4.78 is 5.28. The Balaban J connectivity index is 2.38. The zero-order valence-corrected chi connectivity index (χ0v) is 10.6. The maximum absolute atomic E-state index is 8.91. The number of nitriles is 1. The van der Waals surface area contributed by atoms with Gasteiger partial charge in [-0.1, -0.05) is 12.1 Å². The Hall–Kier alpha value is -2.45. The van der Waals surface area contributed by atoms with Crippen molar-refractivity contribution in [3.05, 3.63) is 41.7 Å². The van der Waals surface area contributed by atoms with E-state index in [2.05, 4.69) is 16.0 Å². The van der Waals surface area contributed by atoms with Gasteiger partial charge in [-0.05, 0) is 19.1 Å². The second-order valence-corrected chi connectivity index (χ2v) is 3.92. The van der Waals surface area contributed by atoms with E-state index in [1.165, 1.54) is 0 Å². The molecule has 1 aromatic heterocycles. The quantitative estimate of drug-likeness (QED) is 0.903. The van der Waals surface area contributed by atoms with E-state index in [1.807, 2.05) is 19.1 Å². The van der Waals surface area contributed by atoms with Crippen LogP contribution in [0.15, 0.2) is 30.3 Å². The van der Waals surface area contributed by atoms with Crippen molar-refractivity contribution in [1.29, 1.82) is 5.26 Å². The summed E-state index contributed by atoms with van der Waals surface area (Å²) in [6.07, 6.45) is 0. The molecule has 1 aromatic carbocycles. The molecular formula is C14H14N4O. The predicted molar refractivity (Wildman–Crippen MR) is 71.9 cm³/mol. The van der Waals surface area contributed by atoms with Crippen LogP contribution < -0.4 is 5.73 Å². The van der Waals surface area contributed by atoms with Gasteiger partial charge in [-0.15, -0.1) is 0 Å². The minimum Gasteiger partial charge on any atom is -0.384 e. The van der Waals surface area contributed by atoms with Crippen LogP contribution in [-0.2, 0) is 11.3 Å². The molecule has 0 aliphatic carbocycles. The van der Waals surface area contributed by atoms with E-state index >= 15 is 0 Å². The standard InChI is InChI=1S/C14H14N4O/c1-2-19-9-14-17-12(7-13(16)18-14)11-5-3-4-10(6-11)8-15/h3-7H,2,9H2,1H3,(H2,16,17,18). The fourth-order valence-electron chi connectivity index (χ4n) is 1.67. The van der Waals surface area contributed by atoms with Crippen molar-refractivity contribution < 1.29 is 4.74 Å². The summed E-state index contributed by atoms with van der Waals surface area (Å²) in [5.74, 6) is 0.932. The summed E-state index contributed by atoms with van der Waals surface area (Å²) in [5.41, 5.74) is 7.88. The molecule has 2 N–H and O–H groups in total. The van der Waals surface area contributed by atoms with Crippen molar-refractivity contribution in [2.45, 2.75) is 13.5 Å². The molecule has 0 saturated heterocycles. The lowest BCUT2D eigenvalue weighted by Gasteiger charge is -2.06. The Morgan fingerprint density at radius 3 is 2.89 bits per heavy atom. The van der Waals surface area contributed by atoms with Crippen molar-refractivity contribution in [2.24, 2.45) is 0 Å². The highest BCUT2D eigenvalue weighted by Crippen LogP contribution is 2.20. The highest BCUT2D eigenvalue weighted by Gasteiger charge is 2.06. The van der Waals surface area contributed by atoms with Crippen molar-refractivity contribution in [2.75, 3.05) is 12.3 Å². The average Bonchev–Trinajstić information content (AvgIpc) is 2.44. The molecule has 2 rings (SSSR count). The number of nitrogen functional groups attached to an aromatic ring is 1. The van der Waals surface area contributed by atoms with Crippen LogP contribution in [-0.4, -0.2) is 16.6 Å². The van der Waals surface area contributed by atoms with Gasteiger partial charge in [-0.2, -0.15) is 5.26 Å². The lowest BCUT2D eigenvalue weighted by Crippen LogP contribution is -2.03. The number of nitrogens with zero attached hydrogens (tertiary/aromatic N) is 3.